The standard InChI is InChI=1S/C65H116O6/c1-4-7-10-13-16-19-22-25-28-30-31-32-33-35-37-40-43-46-49-52-55-58-64(67)70-61-62(60-69-63(66)57-54-51-48-45-42-39-36-27-24-21-18-15-12-9-6-3)71-65(68)59-56-53-50-47-44-41-38-34-29-26-23-20-17-14-11-8-5-2/h17,20,22,25-27,29-31,36,62H,4-16,18-19,21,23-24,28,32-35,37-61H2,1-3H3/b20-17-,25-22-,29-26-,31-30-,36-27-. The molecule has 0 aromatic heterocycles. The third-order valence-corrected chi connectivity index (χ3v) is 13.5. The van der Waals surface area contributed by atoms with Gasteiger partial charge in [-0.25, -0.2) is 0 Å². The van der Waals surface area contributed by atoms with E-state index in [4.69, 9.17) is 14.2 Å². The third kappa shape index (κ3) is 57.9. The maximum Gasteiger partial charge on any atom is 0.306 e. The van der Waals surface area contributed by atoms with Gasteiger partial charge in [0.05, 0.1) is 0 Å². The fourth-order valence-electron chi connectivity index (χ4n) is 8.79. The molecule has 0 heterocycles. The molecule has 1 atom stereocenters. The van der Waals surface area contributed by atoms with Crippen molar-refractivity contribution in [2.75, 3.05) is 13.2 Å². The van der Waals surface area contributed by atoms with Crippen LogP contribution in [0.25, 0.3) is 0 Å². The summed E-state index contributed by atoms with van der Waals surface area (Å²) in [5, 5.41) is 0. The van der Waals surface area contributed by atoms with Crippen LogP contribution in [0.5, 0.6) is 0 Å². The monoisotopic (exact) mass is 993 g/mol. The molecule has 0 N–H and O–H groups in total. The van der Waals surface area contributed by atoms with Gasteiger partial charge in [-0.3, -0.25) is 14.4 Å². The summed E-state index contributed by atoms with van der Waals surface area (Å²) in [6.07, 6.45) is 74.9. The Morgan fingerprint density at radius 1 is 0.282 bits per heavy atom. The van der Waals surface area contributed by atoms with E-state index in [0.717, 1.165) is 83.5 Å². The number of allylic oxidation sites excluding steroid dienone is 10. The van der Waals surface area contributed by atoms with Crippen LogP contribution in [-0.2, 0) is 28.6 Å². The van der Waals surface area contributed by atoms with Gasteiger partial charge in [0.2, 0.25) is 0 Å². The first kappa shape index (κ1) is 68.1. The molecule has 0 saturated heterocycles. The highest BCUT2D eigenvalue weighted by Gasteiger charge is 2.19. The Morgan fingerprint density at radius 3 is 0.817 bits per heavy atom. The van der Waals surface area contributed by atoms with Crippen LogP contribution >= 0.6 is 0 Å². The van der Waals surface area contributed by atoms with Gasteiger partial charge in [0, 0.05) is 19.3 Å². The maximum atomic E-state index is 12.9. The van der Waals surface area contributed by atoms with Gasteiger partial charge in [-0.2, -0.15) is 0 Å². The van der Waals surface area contributed by atoms with Gasteiger partial charge < -0.3 is 14.2 Å². The van der Waals surface area contributed by atoms with Crippen molar-refractivity contribution in [1.29, 1.82) is 0 Å². The number of ether oxygens (including phenoxy) is 3. The first-order valence-electron chi connectivity index (χ1n) is 30.8. The second-order valence-corrected chi connectivity index (χ2v) is 20.6. The summed E-state index contributed by atoms with van der Waals surface area (Å²) >= 11 is 0. The van der Waals surface area contributed by atoms with Crippen LogP contribution in [0.2, 0.25) is 0 Å². The first-order valence-corrected chi connectivity index (χ1v) is 30.8. The molecule has 0 amide bonds. The Bertz CT molecular complexity index is 1280. The highest BCUT2D eigenvalue weighted by Crippen LogP contribution is 2.16. The lowest BCUT2D eigenvalue weighted by Crippen LogP contribution is -2.30. The van der Waals surface area contributed by atoms with Gasteiger partial charge in [0.15, 0.2) is 6.10 Å². The summed E-state index contributed by atoms with van der Waals surface area (Å²) in [7, 11) is 0. The average Bonchev–Trinajstić information content (AvgIpc) is 3.37. The van der Waals surface area contributed by atoms with Crippen molar-refractivity contribution in [1.82, 2.24) is 0 Å². The number of esters is 3. The molecule has 0 bridgehead atoms. The highest BCUT2D eigenvalue weighted by atomic mass is 16.6. The smallest absolute Gasteiger partial charge is 0.306 e. The predicted octanol–water partition coefficient (Wildman–Crippen LogP) is 20.8. The minimum atomic E-state index is -0.784. The Morgan fingerprint density at radius 2 is 0.507 bits per heavy atom. The van der Waals surface area contributed by atoms with E-state index in [1.165, 1.54) is 193 Å². The van der Waals surface area contributed by atoms with E-state index in [0.29, 0.717) is 19.3 Å². The molecule has 0 fully saturated rings. The van der Waals surface area contributed by atoms with Crippen LogP contribution in [0.1, 0.15) is 316 Å². The Balaban J connectivity index is 4.37. The second-order valence-electron chi connectivity index (χ2n) is 20.6. The molecule has 0 aliphatic heterocycles. The number of hydrogen-bond acceptors (Lipinski definition) is 6. The van der Waals surface area contributed by atoms with E-state index in [9.17, 15) is 14.4 Å². The highest BCUT2D eigenvalue weighted by molar-refractivity contribution is 5.71. The van der Waals surface area contributed by atoms with Crippen LogP contribution in [0.4, 0.5) is 0 Å². The number of rotatable bonds is 56. The van der Waals surface area contributed by atoms with E-state index in [-0.39, 0.29) is 31.1 Å². The number of carbonyl (C=O) groups excluding carboxylic acids is 3. The molecule has 0 aromatic rings. The normalized spacial score (nSPS) is 12.4. The summed E-state index contributed by atoms with van der Waals surface area (Å²) in [5.41, 5.74) is 0. The Kier molecular flexibility index (Phi) is 57.2. The van der Waals surface area contributed by atoms with Gasteiger partial charge in [-0.05, 0) is 109 Å². The van der Waals surface area contributed by atoms with Gasteiger partial charge in [0.1, 0.15) is 13.2 Å². The molecule has 6 heteroatoms. The Hall–Kier alpha value is -2.89. The lowest BCUT2D eigenvalue weighted by atomic mass is 10.1. The first-order chi connectivity index (χ1) is 35.0. The number of hydrogen-bond donors (Lipinski definition) is 0. The van der Waals surface area contributed by atoms with Crippen LogP contribution in [0.3, 0.4) is 0 Å². The zero-order valence-corrected chi connectivity index (χ0v) is 47.2. The number of carbonyl (C=O) groups is 3. The van der Waals surface area contributed by atoms with Crippen molar-refractivity contribution in [3.63, 3.8) is 0 Å². The molecule has 0 aromatic carbocycles. The average molecular weight is 994 g/mol. The van der Waals surface area contributed by atoms with Crippen LogP contribution in [0, 0.1) is 0 Å². The van der Waals surface area contributed by atoms with E-state index in [2.05, 4.69) is 81.5 Å². The van der Waals surface area contributed by atoms with Crippen molar-refractivity contribution in [2.45, 2.75) is 322 Å². The minimum absolute atomic E-state index is 0.0811. The molecule has 0 rings (SSSR count). The third-order valence-electron chi connectivity index (χ3n) is 13.5. The van der Waals surface area contributed by atoms with Crippen molar-refractivity contribution in [3.8, 4) is 0 Å². The molecule has 1 unspecified atom stereocenters. The SMILES string of the molecule is CCCCC/C=C\C/C=C\CCCCCCCCCC(=O)OC(COC(=O)CCCCCCC/C=C\CCCCCCCC)COC(=O)CCCCCCCCCCC/C=C\C/C=C\CCCCCCC. The lowest BCUT2D eigenvalue weighted by molar-refractivity contribution is -0.167. The lowest BCUT2D eigenvalue weighted by Gasteiger charge is -2.18. The molecule has 0 radical (unpaired) electrons. The summed E-state index contributed by atoms with van der Waals surface area (Å²) in [4.78, 5) is 38.3. The fraction of sp³-hybridized carbons (Fsp3) is 0.800. The molecular formula is C65H116O6. The molecule has 0 aliphatic carbocycles. The van der Waals surface area contributed by atoms with Crippen molar-refractivity contribution in [3.05, 3.63) is 60.8 Å². The van der Waals surface area contributed by atoms with E-state index >= 15 is 0 Å². The molecular weight excluding hydrogens is 877 g/mol. The molecule has 0 aliphatic rings. The van der Waals surface area contributed by atoms with Crippen molar-refractivity contribution in [2.24, 2.45) is 0 Å². The zero-order valence-electron chi connectivity index (χ0n) is 47.2. The molecule has 6 nitrogen and oxygen atoms in total. The maximum absolute atomic E-state index is 12.9. The Labute approximate surface area is 440 Å². The minimum Gasteiger partial charge on any atom is -0.462 e. The summed E-state index contributed by atoms with van der Waals surface area (Å²) in [6.45, 7) is 6.62. The van der Waals surface area contributed by atoms with E-state index in [1.807, 2.05) is 0 Å². The van der Waals surface area contributed by atoms with Crippen molar-refractivity contribution >= 4 is 17.9 Å². The van der Waals surface area contributed by atoms with Crippen LogP contribution in [-0.4, -0.2) is 37.2 Å². The van der Waals surface area contributed by atoms with Gasteiger partial charge in [-0.1, -0.05) is 248 Å². The van der Waals surface area contributed by atoms with Crippen LogP contribution < -0.4 is 0 Å². The number of unbranched alkanes of at least 4 members (excludes halogenated alkanes) is 35. The fourth-order valence-corrected chi connectivity index (χ4v) is 8.79. The molecule has 0 saturated carbocycles. The van der Waals surface area contributed by atoms with E-state index in [1.54, 1.807) is 0 Å². The predicted molar refractivity (Wildman–Crippen MR) is 307 cm³/mol. The van der Waals surface area contributed by atoms with Crippen LogP contribution in [0.15, 0.2) is 60.8 Å². The van der Waals surface area contributed by atoms with Gasteiger partial charge in [-0.15, -0.1) is 0 Å². The quantitative estimate of drug-likeness (QED) is 0.0261. The summed E-state index contributed by atoms with van der Waals surface area (Å²) in [6, 6.07) is 0. The zero-order chi connectivity index (χ0) is 51.4. The molecule has 0 spiro atoms. The summed E-state index contributed by atoms with van der Waals surface area (Å²) in [5.74, 6) is -0.887. The molecule has 412 valence electrons. The van der Waals surface area contributed by atoms with Gasteiger partial charge >= 0.3 is 17.9 Å². The molecule has 71 heavy (non-hydrogen) atoms. The van der Waals surface area contributed by atoms with Gasteiger partial charge in [0.25, 0.3) is 0 Å². The summed E-state index contributed by atoms with van der Waals surface area (Å²) < 4.78 is 16.9. The largest absolute Gasteiger partial charge is 0.462 e. The second kappa shape index (κ2) is 59.7. The van der Waals surface area contributed by atoms with E-state index < -0.39 is 6.10 Å². The topological polar surface area (TPSA) is 78.9 Å². The van der Waals surface area contributed by atoms with Crippen molar-refractivity contribution < 1.29 is 28.6 Å².